The van der Waals surface area contributed by atoms with Crippen LogP contribution in [-0.2, 0) is 9.59 Å². The van der Waals surface area contributed by atoms with E-state index in [-0.39, 0.29) is 24.1 Å². The predicted molar refractivity (Wildman–Crippen MR) is 57.6 cm³/mol. The van der Waals surface area contributed by atoms with E-state index in [4.69, 9.17) is 23.1 Å². The normalized spacial score (nSPS) is 9.81. The molecule has 0 unspecified atom stereocenters. The Morgan fingerprint density at radius 1 is 1.25 bits per heavy atom. The van der Waals surface area contributed by atoms with Gasteiger partial charge in [0.2, 0.25) is 11.8 Å². The first-order valence-corrected chi connectivity index (χ1v) is 4.66. The summed E-state index contributed by atoms with van der Waals surface area (Å²) in [7, 11) is 0. The molecule has 16 heavy (non-hydrogen) atoms. The number of hydrogen-bond donors (Lipinski definition) is 2. The van der Waals surface area contributed by atoms with Crippen LogP contribution in [0, 0.1) is 0 Å². The number of nitrogens with zero attached hydrogens (tertiary/aromatic N) is 3. The average Bonchev–Trinajstić information content (AvgIpc) is 2.15. The molecule has 1 heterocycles. The second kappa shape index (κ2) is 5.26. The number of rotatable bonds is 5. The molecule has 1 aromatic heterocycles. The summed E-state index contributed by atoms with van der Waals surface area (Å²) >= 11 is 5.63. The summed E-state index contributed by atoms with van der Waals surface area (Å²) in [6.07, 6.45) is 2.69. The van der Waals surface area contributed by atoms with Crippen LogP contribution in [0.2, 0.25) is 5.15 Å². The smallest absolute Gasteiger partial charge is 0.237 e. The summed E-state index contributed by atoms with van der Waals surface area (Å²) in [6.45, 7) is -0.365. The molecule has 8 heteroatoms. The minimum Gasteiger partial charge on any atom is -0.368 e. The molecule has 86 valence electrons. The molecule has 4 N–H and O–H groups in total. The van der Waals surface area contributed by atoms with Crippen molar-refractivity contribution in [3.05, 3.63) is 17.5 Å². The van der Waals surface area contributed by atoms with Gasteiger partial charge in [0.15, 0.2) is 0 Å². The number of hydrogen-bond acceptors (Lipinski definition) is 5. The number of nitrogens with two attached hydrogens (primary N) is 2. The molecule has 1 rings (SSSR count). The first-order chi connectivity index (χ1) is 7.49. The molecule has 0 aliphatic rings. The van der Waals surface area contributed by atoms with E-state index in [2.05, 4.69) is 9.97 Å². The molecule has 2 amide bonds. The van der Waals surface area contributed by atoms with Crippen molar-refractivity contribution in [2.75, 3.05) is 18.0 Å². The third kappa shape index (κ3) is 3.70. The Bertz CT molecular complexity index is 395. The first kappa shape index (κ1) is 12.2. The van der Waals surface area contributed by atoms with Crippen LogP contribution in [0.1, 0.15) is 0 Å². The topological polar surface area (TPSA) is 115 Å². The standard InChI is InChI=1S/C8H10ClN5O2/c9-5-1-12-2-8(13-5)14(3-6(10)15)4-7(11)16/h1-2H,3-4H2,(H2,10,15)(H2,11,16). The Balaban J connectivity index is 2.90. The van der Waals surface area contributed by atoms with Gasteiger partial charge in [0.05, 0.1) is 25.5 Å². The van der Waals surface area contributed by atoms with Gasteiger partial charge in [0, 0.05) is 0 Å². The lowest BCUT2D eigenvalue weighted by atomic mass is 10.4. The van der Waals surface area contributed by atoms with Gasteiger partial charge in [0.25, 0.3) is 0 Å². The molecule has 0 aliphatic heterocycles. The maximum Gasteiger partial charge on any atom is 0.237 e. The van der Waals surface area contributed by atoms with Crippen LogP contribution in [0.3, 0.4) is 0 Å². The van der Waals surface area contributed by atoms with Gasteiger partial charge < -0.3 is 16.4 Å². The van der Waals surface area contributed by atoms with Crippen LogP contribution >= 0.6 is 11.6 Å². The number of amides is 2. The molecule has 1 aromatic rings. The minimum atomic E-state index is -0.608. The molecule has 0 radical (unpaired) electrons. The second-order valence-corrected chi connectivity index (χ2v) is 3.38. The van der Waals surface area contributed by atoms with Crippen LogP contribution in [0.25, 0.3) is 0 Å². The third-order valence-corrected chi connectivity index (χ3v) is 1.79. The summed E-state index contributed by atoms with van der Waals surface area (Å²) in [5.41, 5.74) is 10.1. The zero-order valence-corrected chi connectivity index (χ0v) is 9.02. The van der Waals surface area contributed by atoms with Gasteiger partial charge in [-0.3, -0.25) is 14.6 Å². The molecule has 0 fully saturated rings. The molecular formula is C8H10ClN5O2. The van der Waals surface area contributed by atoms with E-state index in [0.717, 1.165) is 0 Å². The maximum absolute atomic E-state index is 10.8. The van der Waals surface area contributed by atoms with Gasteiger partial charge in [-0.1, -0.05) is 11.6 Å². The zero-order valence-electron chi connectivity index (χ0n) is 8.26. The predicted octanol–water partition coefficient (Wildman–Crippen LogP) is -1.09. The van der Waals surface area contributed by atoms with Gasteiger partial charge in [-0.15, -0.1) is 0 Å². The number of anilines is 1. The Kier molecular flexibility index (Phi) is 4.01. The fourth-order valence-corrected chi connectivity index (χ4v) is 1.22. The monoisotopic (exact) mass is 243 g/mol. The van der Waals surface area contributed by atoms with Crippen molar-refractivity contribution in [1.29, 1.82) is 0 Å². The zero-order chi connectivity index (χ0) is 12.1. The van der Waals surface area contributed by atoms with Crippen molar-refractivity contribution in [3.8, 4) is 0 Å². The largest absolute Gasteiger partial charge is 0.368 e. The van der Waals surface area contributed by atoms with Crippen molar-refractivity contribution < 1.29 is 9.59 Å². The van der Waals surface area contributed by atoms with Crippen LogP contribution in [0.4, 0.5) is 5.82 Å². The first-order valence-electron chi connectivity index (χ1n) is 4.28. The quantitative estimate of drug-likeness (QED) is 0.682. The molecule has 0 bridgehead atoms. The lowest BCUT2D eigenvalue weighted by Gasteiger charge is -2.19. The van der Waals surface area contributed by atoms with Crippen molar-refractivity contribution >= 4 is 29.2 Å². The number of carbonyl (C=O) groups is 2. The van der Waals surface area contributed by atoms with Crippen molar-refractivity contribution in [2.45, 2.75) is 0 Å². The van der Waals surface area contributed by atoms with E-state index in [1.807, 2.05) is 0 Å². The van der Waals surface area contributed by atoms with Gasteiger partial charge in [-0.2, -0.15) is 0 Å². The Labute approximate surface area is 96.4 Å². The van der Waals surface area contributed by atoms with Crippen LogP contribution in [0.15, 0.2) is 12.4 Å². The summed E-state index contributed by atoms with van der Waals surface area (Å²) in [5.74, 6) is -0.948. The molecule has 0 saturated heterocycles. The highest BCUT2D eigenvalue weighted by atomic mass is 35.5. The number of halogens is 1. The highest BCUT2D eigenvalue weighted by molar-refractivity contribution is 6.29. The van der Waals surface area contributed by atoms with Crippen molar-refractivity contribution in [3.63, 3.8) is 0 Å². The molecular weight excluding hydrogens is 234 g/mol. The van der Waals surface area contributed by atoms with Crippen molar-refractivity contribution in [1.82, 2.24) is 9.97 Å². The molecule has 7 nitrogen and oxygen atoms in total. The van der Waals surface area contributed by atoms with E-state index in [9.17, 15) is 9.59 Å². The summed E-state index contributed by atoms with van der Waals surface area (Å²) in [4.78, 5) is 30.6. The Morgan fingerprint density at radius 2 is 1.81 bits per heavy atom. The van der Waals surface area contributed by atoms with Crippen molar-refractivity contribution in [2.24, 2.45) is 11.5 Å². The molecule has 0 atom stereocenters. The minimum absolute atomic E-state index is 0.149. The molecule has 0 spiro atoms. The SMILES string of the molecule is NC(=O)CN(CC(N)=O)c1cncc(Cl)n1. The lowest BCUT2D eigenvalue weighted by molar-refractivity contribution is -0.117. The Hall–Kier alpha value is -1.89. The third-order valence-electron chi connectivity index (χ3n) is 1.61. The van der Waals surface area contributed by atoms with Gasteiger partial charge in [-0.05, 0) is 0 Å². The summed E-state index contributed by atoms with van der Waals surface area (Å²) in [5, 5.41) is 0.149. The number of primary amides is 2. The van der Waals surface area contributed by atoms with Gasteiger partial charge in [-0.25, -0.2) is 4.98 Å². The van der Waals surface area contributed by atoms with E-state index >= 15 is 0 Å². The fourth-order valence-electron chi connectivity index (χ4n) is 1.08. The maximum atomic E-state index is 10.8. The summed E-state index contributed by atoms with van der Waals surface area (Å²) in [6, 6.07) is 0. The van der Waals surface area contributed by atoms with Crippen LogP contribution in [-0.4, -0.2) is 34.9 Å². The van der Waals surface area contributed by atoms with E-state index in [1.54, 1.807) is 0 Å². The number of carbonyl (C=O) groups excluding carboxylic acids is 2. The van der Waals surface area contributed by atoms with Gasteiger partial charge in [0.1, 0.15) is 11.0 Å². The number of aromatic nitrogens is 2. The van der Waals surface area contributed by atoms with Crippen LogP contribution in [0.5, 0.6) is 0 Å². The lowest BCUT2D eigenvalue weighted by Crippen LogP contribution is -2.40. The highest BCUT2D eigenvalue weighted by Crippen LogP contribution is 2.11. The average molecular weight is 244 g/mol. The fraction of sp³-hybridized carbons (Fsp3) is 0.250. The molecule has 0 aromatic carbocycles. The van der Waals surface area contributed by atoms with E-state index in [0.29, 0.717) is 0 Å². The summed E-state index contributed by atoms with van der Waals surface area (Å²) < 4.78 is 0. The second-order valence-electron chi connectivity index (χ2n) is 2.99. The molecule has 0 aliphatic carbocycles. The van der Waals surface area contributed by atoms with E-state index < -0.39 is 11.8 Å². The van der Waals surface area contributed by atoms with Crippen LogP contribution < -0.4 is 16.4 Å². The molecule has 0 saturated carbocycles. The van der Waals surface area contributed by atoms with Gasteiger partial charge >= 0.3 is 0 Å². The van der Waals surface area contributed by atoms with E-state index in [1.165, 1.54) is 17.3 Å². The Morgan fingerprint density at radius 3 is 2.25 bits per heavy atom. The highest BCUT2D eigenvalue weighted by Gasteiger charge is 2.13.